The van der Waals surface area contributed by atoms with Crippen molar-refractivity contribution in [2.24, 2.45) is 5.92 Å². The molecule has 3 rings (SSSR count). The van der Waals surface area contributed by atoms with E-state index in [4.69, 9.17) is 9.26 Å². The van der Waals surface area contributed by atoms with E-state index in [1.807, 2.05) is 31.4 Å². The summed E-state index contributed by atoms with van der Waals surface area (Å²) >= 11 is 1.53. The molecule has 2 aromatic heterocycles. The molecule has 0 atom stereocenters. The molecule has 0 bridgehead atoms. The number of amides is 2. The van der Waals surface area contributed by atoms with Gasteiger partial charge in [-0.2, -0.15) is 0 Å². The van der Waals surface area contributed by atoms with Gasteiger partial charge in [0.2, 0.25) is 0 Å². The molecule has 0 saturated carbocycles. The SMILES string of the molecule is CC(C)COC(=O)N1CCCN(C(=O)c2cc(-c3cccs3)on2)CC1. The maximum Gasteiger partial charge on any atom is 0.409 e. The molecule has 1 saturated heterocycles. The highest BCUT2D eigenvalue weighted by Crippen LogP contribution is 2.25. The molecule has 1 aliphatic heterocycles. The molecule has 2 aromatic rings. The molecule has 0 N–H and O–H groups in total. The second-order valence-electron chi connectivity index (χ2n) is 6.66. The van der Waals surface area contributed by atoms with E-state index in [2.05, 4.69) is 5.16 Å². The summed E-state index contributed by atoms with van der Waals surface area (Å²) in [5, 5.41) is 5.86. The largest absolute Gasteiger partial charge is 0.449 e. The van der Waals surface area contributed by atoms with Gasteiger partial charge in [-0.3, -0.25) is 4.79 Å². The Morgan fingerprint density at radius 2 is 2.04 bits per heavy atom. The summed E-state index contributed by atoms with van der Waals surface area (Å²) in [6, 6.07) is 5.52. The molecular weight excluding hydrogens is 354 g/mol. The molecule has 7 nitrogen and oxygen atoms in total. The molecule has 1 aliphatic rings. The Labute approximate surface area is 156 Å². The first-order chi connectivity index (χ1) is 12.5. The molecule has 1 fully saturated rings. The maximum absolute atomic E-state index is 12.7. The van der Waals surface area contributed by atoms with Gasteiger partial charge in [-0.15, -0.1) is 11.3 Å². The first-order valence-electron chi connectivity index (χ1n) is 8.76. The van der Waals surface area contributed by atoms with Crippen LogP contribution < -0.4 is 0 Å². The third-order valence-electron chi connectivity index (χ3n) is 4.07. The Kier molecular flexibility index (Phi) is 5.92. The lowest BCUT2D eigenvalue weighted by Crippen LogP contribution is -2.38. The molecule has 0 radical (unpaired) electrons. The Balaban J connectivity index is 1.58. The van der Waals surface area contributed by atoms with Crippen LogP contribution in [0.15, 0.2) is 28.1 Å². The van der Waals surface area contributed by atoms with Crippen molar-refractivity contribution in [2.45, 2.75) is 20.3 Å². The van der Waals surface area contributed by atoms with Gasteiger partial charge in [0.05, 0.1) is 11.5 Å². The summed E-state index contributed by atoms with van der Waals surface area (Å²) < 4.78 is 10.6. The highest BCUT2D eigenvalue weighted by atomic mass is 32.1. The van der Waals surface area contributed by atoms with Crippen molar-refractivity contribution >= 4 is 23.3 Å². The lowest BCUT2D eigenvalue weighted by atomic mass is 10.2. The van der Waals surface area contributed by atoms with Gasteiger partial charge < -0.3 is 19.1 Å². The predicted molar refractivity (Wildman–Crippen MR) is 98.1 cm³/mol. The maximum atomic E-state index is 12.7. The average Bonchev–Trinajstić information content (AvgIpc) is 3.26. The minimum atomic E-state index is -0.311. The van der Waals surface area contributed by atoms with Crippen LogP contribution >= 0.6 is 11.3 Å². The Hall–Kier alpha value is -2.35. The van der Waals surface area contributed by atoms with Gasteiger partial charge in [-0.1, -0.05) is 25.1 Å². The normalized spacial score (nSPS) is 15.2. The van der Waals surface area contributed by atoms with E-state index >= 15 is 0 Å². The standard InChI is InChI=1S/C18H23N3O4S/c1-13(2)12-24-18(23)21-7-4-6-20(8-9-21)17(22)14-11-15(25-19-14)16-5-3-10-26-16/h3,5,10-11,13H,4,6-9,12H2,1-2H3. The zero-order chi connectivity index (χ0) is 18.5. The highest BCUT2D eigenvalue weighted by Gasteiger charge is 2.25. The van der Waals surface area contributed by atoms with Crippen LogP contribution in [0.1, 0.15) is 30.8 Å². The van der Waals surface area contributed by atoms with E-state index < -0.39 is 0 Å². The summed E-state index contributed by atoms with van der Waals surface area (Å²) in [6.07, 6.45) is 0.396. The molecule has 3 heterocycles. The lowest BCUT2D eigenvalue weighted by molar-refractivity contribution is 0.0737. The smallest absolute Gasteiger partial charge is 0.409 e. The van der Waals surface area contributed by atoms with Gasteiger partial charge in [0.15, 0.2) is 11.5 Å². The van der Waals surface area contributed by atoms with Crippen LogP contribution in [0.25, 0.3) is 10.6 Å². The molecule has 0 aliphatic carbocycles. The Bertz CT molecular complexity index is 741. The average molecular weight is 377 g/mol. The number of carbonyl (C=O) groups is 2. The van der Waals surface area contributed by atoms with Crippen LogP contribution in [0, 0.1) is 5.92 Å². The molecule has 26 heavy (non-hydrogen) atoms. The van der Waals surface area contributed by atoms with Gasteiger partial charge in [-0.05, 0) is 23.8 Å². The number of hydrogen-bond donors (Lipinski definition) is 0. The fraction of sp³-hybridized carbons (Fsp3) is 0.500. The molecule has 0 aromatic carbocycles. The van der Waals surface area contributed by atoms with Crippen LogP contribution in [-0.2, 0) is 4.74 Å². The Morgan fingerprint density at radius 1 is 1.27 bits per heavy atom. The zero-order valence-corrected chi connectivity index (χ0v) is 15.8. The van der Waals surface area contributed by atoms with Gasteiger partial charge in [0.25, 0.3) is 5.91 Å². The van der Waals surface area contributed by atoms with Crippen molar-refractivity contribution in [2.75, 3.05) is 32.8 Å². The summed E-state index contributed by atoms with van der Waals surface area (Å²) in [5.41, 5.74) is 0.296. The van der Waals surface area contributed by atoms with Crippen molar-refractivity contribution in [3.63, 3.8) is 0 Å². The number of carbonyl (C=O) groups excluding carboxylic acids is 2. The summed E-state index contributed by atoms with van der Waals surface area (Å²) in [7, 11) is 0. The van der Waals surface area contributed by atoms with Crippen LogP contribution in [-0.4, -0.2) is 59.7 Å². The fourth-order valence-corrected chi connectivity index (χ4v) is 3.38. The van der Waals surface area contributed by atoms with Crippen molar-refractivity contribution in [3.8, 4) is 10.6 Å². The van der Waals surface area contributed by atoms with Crippen molar-refractivity contribution in [1.29, 1.82) is 0 Å². The molecular formula is C18H23N3O4S. The minimum absolute atomic E-state index is 0.172. The quantitative estimate of drug-likeness (QED) is 0.817. The first-order valence-corrected chi connectivity index (χ1v) is 9.64. The lowest BCUT2D eigenvalue weighted by Gasteiger charge is -2.21. The van der Waals surface area contributed by atoms with E-state index in [1.54, 1.807) is 15.9 Å². The predicted octanol–water partition coefficient (Wildman–Crippen LogP) is 3.34. The van der Waals surface area contributed by atoms with Crippen LogP contribution in [0.5, 0.6) is 0 Å². The fourth-order valence-electron chi connectivity index (χ4n) is 2.71. The topological polar surface area (TPSA) is 75.9 Å². The summed E-state index contributed by atoms with van der Waals surface area (Å²) in [5.74, 6) is 0.722. The van der Waals surface area contributed by atoms with Crippen molar-refractivity contribution in [1.82, 2.24) is 15.0 Å². The molecule has 0 spiro atoms. The van der Waals surface area contributed by atoms with Gasteiger partial charge in [0.1, 0.15) is 0 Å². The van der Waals surface area contributed by atoms with E-state index in [9.17, 15) is 9.59 Å². The molecule has 8 heteroatoms. The summed E-state index contributed by atoms with van der Waals surface area (Å²) in [4.78, 5) is 29.1. The van der Waals surface area contributed by atoms with E-state index in [1.165, 1.54) is 11.3 Å². The van der Waals surface area contributed by atoms with Crippen LogP contribution in [0.4, 0.5) is 4.79 Å². The van der Waals surface area contributed by atoms with Gasteiger partial charge in [0, 0.05) is 32.2 Å². The van der Waals surface area contributed by atoms with Crippen LogP contribution in [0.2, 0.25) is 0 Å². The number of hydrogen-bond acceptors (Lipinski definition) is 6. The van der Waals surface area contributed by atoms with Crippen LogP contribution in [0.3, 0.4) is 0 Å². The number of thiophene rings is 1. The third kappa shape index (κ3) is 4.43. The first kappa shape index (κ1) is 18.4. The van der Waals surface area contributed by atoms with Crippen molar-refractivity contribution < 1.29 is 18.8 Å². The van der Waals surface area contributed by atoms with Gasteiger partial charge in [-0.25, -0.2) is 4.79 Å². The minimum Gasteiger partial charge on any atom is -0.449 e. The molecule has 0 unspecified atom stereocenters. The number of rotatable bonds is 4. The zero-order valence-electron chi connectivity index (χ0n) is 15.0. The number of nitrogens with zero attached hydrogens (tertiary/aromatic N) is 3. The second kappa shape index (κ2) is 8.35. The summed E-state index contributed by atoms with van der Waals surface area (Å²) in [6.45, 7) is 6.47. The second-order valence-corrected chi connectivity index (χ2v) is 7.60. The monoisotopic (exact) mass is 377 g/mol. The highest BCUT2D eigenvalue weighted by molar-refractivity contribution is 7.13. The Morgan fingerprint density at radius 3 is 2.77 bits per heavy atom. The molecule has 2 amide bonds. The van der Waals surface area contributed by atoms with Gasteiger partial charge >= 0.3 is 6.09 Å². The number of ether oxygens (including phenoxy) is 1. The van der Waals surface area contributed by atoms with E-state index in [0.717, 1.165) is 4.88 Å². The van der Waals surface area contributed by atoms with E-state index in [0.29, 0.717) is 56.6 Å². The van der Waals surface area contributed by atoms with E-state index in [-0.39, 0.29) is 12.0 Å². The third-order valence-corrected chi connectivity index (χ3v) is 4.96. The molecule has 140 valence electrons. The van der Waals surface area contributed by atoms with Crippen molar-refractivity contribution in [3.05, 3.63) is 29.3 Å². The number of aromatic nitrogens is 1.